The zero-order valence-corrected chi connectivity index (χ0v) is 9.01. The molecular formula is C9H16N2OS. The zero-order chi connectivity index (χ0) is 9.68. The lowest BCUT2D eigenvalue weighted by molar-refractivity contribution is 0.658. The molecule has 0 saturated carbocycles. The smallest absolute Gasteiger partial charge is 0.198 e. The minimum Gasteiger partial charge on any atom is -0.327 e. The molecule has 13 heavy (non-hydrogen) atoms. The first-order valence-electron chi connectivity index (χ1n) is 4.61. The summed E-state index contributed by atoms with van der Waals surface area (Å²) in [6.07, 6.45) is 6.85. The normalized spacial score (nSPS) is 13.1. The Balaban J connectivity index is 2.45. The average Bonchev–Trinajstić information content (AvgIpc) is 2.52. The van der Waals surface area contributed by atoms with Crippen molar-refractivity contribution in [1.29, 1.82) is 0 Å². The van der Waals surface area contributed by atoms with E-state index in [4.69, 9.17) is 0 Å². The van der Waals surface area contributed by atoms with Gasteiger partial charge >= 0.3 is 0 Å². The summed E-state index contributed by atoms with van der Waals surface area (Å²) in [6.45, 7) is 2.14. The Kier molecular flexibility index (Phi) is 4.15. The third-order valence-corrected chi connectivity index (χ3v) is 3.37. The van der Waals surface area contributed by atoms with Gasteiger partial charge in [0.25, 0.3) is 0 Å². The molecule has 4 heteroatoms. The van der Waals surface area contributed by atoms with E-state index in [0.29, 0.717) is 5.16 Å². The number of aryl methyl sites for hydroxylation is 1. The predicted molar refractivity (Wildman–Crippen MR) is 54.0 cm³/mol. The third kappa shape index (κ3) is 2.95. The maximum Gasteiger partial charge on any atom is 0.198 e. The molecule has 1 rings (SSSR count). The van der Waals surface area contributed by atoms with Crippen LogP contribution in [-0.2, 0) is 17.8 Å². The van der Waals surface area contributed by atoms with Gasteiger partial charge in [0.15, 0.2) is 5.16 Å². The minimum atomic E-state index is -0.914. The van der Waals surface area contributed by atoms with Gasteiger partial charge in [-0.05, 0) is 6.42 Å². The van der Waals surface area contributed by atoms with Gasteiger partial charge in [-0.3, -0.25) is 4.21 Å². The molecule has 0 saturated heterocycles. The van der Waals surface area contributed by atoms with E-state index in [9.17, 15) is 4.21 Å². The van der Waals surface area contributed by atoms with Gasteiger partial charge in [-0.1, -0.05) is 19.8 Å². The van der Waals surface area contributed by atoms with Crippen LogP contribution in [0.2, 0.25) is 0 Å². The Hall–Kier alpha value is -0.640. The lowest BCUT2D eigenvalue weighted by Crippen LogP contribution is -2.04. The number of hydrogen-bond donors (Lipinski definition) is 0. The molecule has 1 aromatic rings. The SMILES string of the molecule is CCCCCS(=O)c1nccn1C. The highest BCUT2D eigenvalue weighted by Gasteiger charge is 2.07. The number of hydrogen-bond acceptors (Lipinski definition) is 2. The number of nitrogens with zero attached hydrogens (tertiary/aromatic N) is 2. The maximum absolute atomic E-state index is 11.6. The molecule has 0 N–H and O–H groups in total. The van der Waals surface area contributed by atoms with Gasteiger partial charge in [0.1, 0.15) is 0 Å². The Morgan fingerprint density at radius 1 is 1.54 bits per heavy atom. The Morgan fingerprint density at radius 2 is 2.31 bits per heavy atom. The maximum atomic E-state index is 11.6. The lowest BCUT2D eigenvalue weighted by Gasteiger charge is -2.00. The Morgan fingerprint density at radius 3 is 2.85 bits per heavy atom. The summed E-state index contributed by atoms with van der Waals surface area (Å²) in [5.74, 6) is 0.735. The fraction of sp³-hybridized carbons (Fsp3) is 0.667. The van der Waals surface area contributed by atoms with E-state index in [0.717, 1.165) is 25.0 Å². The van der Waals surface area contributed by atoms with Crippen molar-refractivity contribution >= 4 is 10.8 Å². The fourth-order valence-electron chi connectivity index (χ4n) is 1.15. The highest BCUT2D eigenvalue weighted by atomic mass is 32.2. The molecule has 0 aliphatic rings. The van der Waals surface area contributed by atoms with Crippen molar-refractivity contribution in [2.45, 2.75) is 31.3 Å². The monoisotopic (exact) mass is 200 g/mol. The third-order valence-electron chi connectivity index (χ3n) is 1.91. The fourth-order valence-corrected chi connectivity index (χ4v) is 2.36. The molecule has 0 fully saturated rings. The molecule has 0 bridgehead atoms. The first-order valence-corrected chi connectivity index (χ1v) is 5.93. The molecular weight excluding hydrogens is 184 g/mol. The van der Waals surface area contributed by atoms with Crippen LogP contribution in [0.1, 0.15) is 26.2 Å². The van der Waals surface area contributed by atoms with E-state index in [1.807, 2.05) is 17.8 Å². The zero-order valence-electron chi connectivity index (χ0n) is 8.19. The molecule has 0 aliphatic carbocycles. The molecule has 0 aliphatic heterocycles. The van der Waals surface area contributed by atoms with Gasteiger partial charge in [0.05, 0.1) is 10.8 Å². The van der Waals surface area contributed by atoms with Crippen LogP contribution in [0, 0.1) is 0 Å². The standard InChI is InChI=1S/C9H16N2OS/c1-3-4-5-8-13(12)9-10-6-7-11(9)2/h6-7H,3-5,8H2,1-2H3. The second kappa shape index (κ2) is 5.17. The summed E-state index contributed by atoms with van der Waals surface area (Å²) in [6, 6.07) is 0. The molecule has 0 radical (unpaired) electrons. The number of imidazole rings is 1. The highest BCUT2D eigenvalue weighted by molar-refractivity contribution is 7.84. The summed E-state index contributed by atoms with van der Waals surface area (Å²) in [5, 5.41) is 0.691. The van der Waals surface area contributed by atoms with Crippen LogP contribution in [0.15, 0.2) is 17.6 Å². The van der Waals surface area contributed by atoms with E-state index in [2.05, 4.69) is 11.9 Å². The summed E-state index contributed by atoms with van der Waals surface area (Å²) >= 11 is 0. The van der Waals surface area contributed by atoms with Crippen LogP contribution in [0.5, 0.6) is 0 Å². The van der Waals surface area contributed by atoms with Gasteiger partial charge in [0, 0.05) is 25.2 Å². The van der Waals surface area contributed by atoms with Gasteiger partial charge in [0.2, 0.25) is 0 Å². The summed E-state index contributed by atoms with van der Waals surface area (Å²) in [5.41, 5.74) is 0. The molecule has 74 valence electrons. The quantitative estimate of drug-likeness (QED) is 0.678. The van der Waals surface area contributed by atoms with E-state index in [-0.39, 0.29) is 0 Å². The Bertz CT molecular complexity index is 283. The van der Waals surface area contributed by atoms with Crippen molar-refractivity contribution in [1.82, 2.24) is 9.55 Å². The minimum absolute atomic E-state index is 0.691. The Labute approximate surface area is 81.6 Å². The molecule has 3 nitrogen and oxygen atoms in total. The molecule has 1 heterocycles. The van der Waals surface area contributed by atoms with Crippen LogP contribution < -0.4 is 0 Å². The van der Waals surface area contributed by atoms with Crippen molar-refractivity contribution in [2.75, 3.05) is 5.75 Å². The van der Waals surface area contributed by atoms with E-state index in [1.165, 1.54) is 0 Å². The molecule has 1 atom stereocenters. The van der Waals surface area contributed by atoms with Crippen molar-refractivity contribution in [3.8, 4) is 0 Å². The van der Waals surface area contributed by atoms with Crippen molar-refractivity contribution < 1.29 is 4.21 Å². The second-order valence-corrected chi connectivity index (χ2v) is 4.54. The molecule has 0 spiro atoms. The van der Waals surface area contributed by atoms with Crippen LogP contribution in [0.25, 0.3) is 0 Å². The average molecular weight is 200 g/mol. The van der Waals surface area contributed by atoms with Gasteiger partial charge in [-0.2, -0.15) is 0 Å². The van der Waals surface area contributed by atoms with Gasteiger partial charge in [-0.25, -0.2) is 4.98 Å². The number of unbranched alkanes of at least 4 members (excludes halogenated alkanes) is 2. The second-order valence-electron chi connectivity index (χ2n) is 3.08. The van der Waals surface area contributed by atoms with Crippen LogP contribution >= 0.6 is 0 Å². The van der Waals surface area contributed by atoms with Crippen LogP contribution in [-0.4, -0.2) is 19.5 Å². The van der Waals surface area contributed by atoms with Gasteiger partial charge in [-0.15, -0.1) is 0 Å². The molecule has 1 unspecified atom stereocenters. The number of rotatable bonds is 5. The van der Waals surface area contributed by atoms with Crippen molar-refractivity contribution in [2.24, 2.45) is 7.05 Å². The van der Waals surface area contributed by atoms with E-state index < -0.39 is 10.8 Å². The first kappa shape index (κ1) is 10.4. The topological polar surface area (TPSA) is 34.9 Å². The predicted octanol–water partition coefficient (Wildman–Crippen LogP) is 1.72. The van der Waals surface area contributed by atoms with Crippen molar-refractivity contribution in [3.63, 3.8) is 0 Å². The van der Waals surface area contributed by atoms with E-state index >= 15 is 0 Å². The molecule has 0 aromatic carbocycles. The number of aromatic nitrogens is 2. The summed E-state index contributed by atoms with van der Waals surface area (Å²) < 4.78 is 13.5. The van der Waals surface area contributed by atoms with Crippen LogP contribution in [0.4, 0.5) is 0 Å². The summed E-state index contributed by atoms with van der Waals surface area (Å²) in [7, 11) is 0.962. The largest absolute Gasteiger partial charge is 0.327 e. The highest BCUT2D eigenvalue weighted by Crippen LogP contribution is 2.05. The molecule has 0 amide bonds. The van der Waals surface area contributed by atoms with E-state index in [1.54, 1.807) is 6.20 Å². The van der Waals surface area contributed by atoms with Crippen LogP contribution in [0.3, 0.4) is 0 Å². The van der Waals surface area contributed by atoms with Gasteiger partial charge < -0.3 is 4.57 Å². The lowest BCUT2D eigenvalue weighted by atomic mass is 10.3. The first-order chi connectivity index (χ1) is 6.25. The summed E-state index contributed by atoms with van der Waals surface area (Å²) in [4.78, 5) is 4.06. The van der Waals surface area contributed by atoms with Crippen molar-refractivity contribution in [3.05, 3.63) is 12.4 Å². The molecule has 1 aromatic heterocycles.